The van der Waals surface area contributed by atoms with Crippen molar-refractivity contribution in [3.05, 3.63) is 27.7 Å². The monoisotopic (exact) mass is 390 g/mol. The first-order valence-corrected chi connectivity index (χ1v) is 8.37. The Labute approximate surface area is 146 Å². The molecule has 0 heterocycles. The summed E-state index contributed by atoms with van der Waals surface area (Å²) in [6.07, 6.45) is 6.36. The van der Waals surface area contributed by atoms with Crippen LogP contribution < -0.4 is 5.73 Å². The van der Waals surface area contributed by atoms with Crippen LogP contribution in [0.1, 0.15) is 54.9 Å². The maximum absolute atomic E-state index is 11.2. The number of carboxylic acid groups (broad SMARTS) is 1. The molecular formula is C16H24BrClN2O2. The van der Waals surface area contributed by atoms with Crippen LogP contribution in [-0.4, -0.2) is 28.6 Å². The van der Waals surface area contributed by atoms with Crippen LogP contribution in [0.5, 0.6) is 0 Å². The highest BCUT2D eigenvalue weighted by Crippen LogP contribution is 2.29. The second-order valence-electron chi connectivity index (χ2n) is 5.69. The molecule has 0 unspecified atom stereocenters. The lowest BCUT2D eigenvalue weighted by atomic mass is 9.93. The highest BCUT2D eigenvalue weighted by atomic mass is 79.9. The van der Waals surface area contributed by atoms with E-state index in [2.05, 4.69) is 27.8 Å². The molecule has 0 aliphatic heterocycles. The lowest BCUT2D eigenvalue weighted by Crippen LogP contribution is -2.36. The van der Waals surface area contributed by atoms with Gasteiger partial charge >= 0.3 is 5.97 Å². The van der Waals surface area contributed by atoms with Gasteiger partial charge in [0, 0.05) is 17.1 Å². The van der Waals surface area contributed by atoms with Crippen molar-refractivity contribution >= 4 is 40.0 Å². The summed E-state index contributed by atoms with van der Waals surface area (Å²) in [7, 11) is 0. The highest BCUT2D eigenvalue weighted by Gasteiger charge is 2.21. The zero-order chi connectivity index (χ0) is 15.4. The first-order valence-electron chi connectivity index (χ1n) is 7.58. The molecule has 0 amide bonds. The minimum absolute atomic E-state index is 0. The molecule has 6 heteroatoms. The molecule has 2 rings (SSSR count). The second kappa shape index (κ2) is 8.75. The van der Waals surface area contributed by atoms with E-state index in [4.69, 9.17) is 5.73 Å². The largest absolute Gasteiger partial charge is 0.478 e. The Kier molecular flexibility index (Phi) is 7.66. The van der Waals surface area contributed by atoms with Crippen LogP contribution >= 0.6 is 28.3 Å². The van der Waals surface area contributed by atoms with E-state index in [1.54, 1.807) is 12.1 Å². The van der Waals surface area contributed by atoms with E-state index in [0.29, 0.717) is 22.7 Å². The average Bonchev–Trinajstić information content (AvgIpc) is 2.49. The van der Waals surface area contributed by atoms with Gasteiger partial charge in [-0.15, -0.1) is 12.4 Å². The highest BCUT2D eigenvalue weighted by molar-refractivity contribution is 9.10. The predicted octanol–water partition coefficient (Wildman–Crippen LogP) is 4.31. The van der Waals surface area contributed by atoms with Gasteiger partial charge in [0.2, 0.25) is 0 Å². The Hall–Kier alpha value is -0.780. The Morgan fingerprint density at radius 2 is 2.00 bits per heavy atom. The lowest BCUT2D eigenvalue weighted by Gasteiger charge is -2.34. The summed E-state index contributed by atoms with van der Waals surface area (Å²) in [5, 5.41) is 9.19. The van der Waals surface area contributed by atoms with Gasteiger partial charge in [-0.2, -0.15) is 0 Å². The van der Waals surface area contributed by atoms with Gasteiger partial charge in [0.05, 0.1) is 11.3 Å². The van der Waals surface area contributed by atoms with Gasteiger partial charge in [-0.05, 0) is 53.0 Å². The summed E-state index contributed by atoms with van der Waals surface area (Å²) >= 11 is 3.37. The van der Waals surface area contributed by atoms with Crippen LogP contribution in [0.2, 0.25) is 0 Å². The van der Waals surface area contributed by atoms with Gasteiger partial charge in [-0.3, -0.25) is 4.90 Å². The fraction of sp³-hybridized carbons (Fsp3) is 0.562. The summed E-state index contributed by atoms with van der Waals surface area (Å²) in [6, 6.07) is 3.86. The number of hydrogen-bond acceptors (Lipinski definition) is 3. The lowest BCUT2D eigenvalue weighted by molar-refractivity contribution is 0.0696. The summed E-state index contributed by atoms with van der Waals surface area (Å²) in [4.78, 5) is 13.6. The van der Waals surface area contributed by atoms with Crippen molar-refractivity contribution in [1.29, 1.82) is 0 Å². The molecule has 0 radical (unpaired) electrons. The van der Waals surface area contributed by atoms with Crippen molar-refractivity contribution in [3.63, 3.8) is 0 Å². The molecule has 1 aliphatic rings. The molecule has 3 N–H and O–H groups in total. The third-order valence-electron chi connectivity index (χ3n) is 4.33. The molecule has 1 aromatic carbocycles. The van der Waals surface area contributed by atoms with E-state index >= 15 is 0 Å². The number of carbonyl (C=O) groups is 1. The number of benzene rings is 1. The van der Waals surface area contributed by atoms with E-state index in [1.807, 2.05) is 0 Å². The number of nitrogen functional groups attached to an aromatic ring is 1. The number of halogens is 2. The van der Waals surface area contributed by atoms with E-state index in [0.717, 1.165) is 12.1 Å². The van der Waals surface area contributed by atoms with Gasteiger partial charge in [-0.25, -0.2) is 4.79 Å². The number of aromatic carboxylic acids is 1. The van der Waals surface area contributed by atoms with Crippen molar-refractivity contribution < 1.29 is 9.90 Å². The molecule has 1 aliphatic carbocycles. The van der Waals surface area contributed by atoms with Crippen LogP contribution in [0, 0.1) is 0 Å². The zero-order valence-electron chi connectivity index (χ0n) is 12.8. The van der Waals surface area contributed by atoms with Gasteiger partial charge < -0.3 is 10.8 Å². The third kappa shape index (κ3) is 4.61. The molecule has 0 saturated heterocycles. The first-order chi connectivity index (χ1) is 10.0. The molecule has 22 heavy (non-hydrogen) atoms. The normalized spacial score (nSPS) is 15.6. The first kappa shape index (κ1) is 19.3. The van der Waals surface area contributed by atoms with Crippen LogP contribution in [0.4, 0.5) is 5.69 Å². The fourth-order valence-corrected chi connectivity index (χ4v) is 3.59. The van der Waals surface area contributed by atoms with Crippen LogP contribution in [0.25, 0.3) is 0 Å². The molecule has 124 valence electrons. The van der Waals surface area contributed by atoms with E-state index in [1.165, 1.54) is 32.1 Å². The fourth-order valence-electron chi connectivity index (χ4n) is 3.09. The third-order valence-corrected chi connectivity index (χ3v) is 4.99. The number of anilines is 1. The van der Waals surface area contributed by atoms with Gasteiger partial charge in [0.15, 0.2) is 0 Å². The quantitative estimate of drug-likeness (QED) is 0.734. The molecule has 0 spiro atoms. The number of carboxylic acids is 1. The van der Waals surface area contributed by atoms with Crippen molar-refractivity contribution in [3.8, 4) is 0 Å². The van der Waals surface area contributed by atoms with Crippen molar-refractivity contribution in [2.75, 3.05) is 12.3 Å². The Morgan fingerprint density at radius 3 is 2.55 bits per heavy atom. The van der Waals surface area contributed by atoms with Crippen LogP contribution in [-0.2, 0) is 6.54 Å². The van der Waals surface area contributed by atoms with Gasteiger partial charge in [0.1, 0.15) is 0 Å². The van der Waals surface area contributed by atoms with E-state index in [9.17, 15) is 9.90 Å². The number of rotatable bonds is 5. The molecular weight excluding hydrogens is 368 g/mol. The Balaban J connectivity index is 0.00000242. The maximum Gasteiger partial charge on any atom is 0.335 e. The smallest absolute Gasteiger partial charge is 0.335 e. The second-order valence-corrected chi connectivity index (χ2v) is 6.55. The minimum Gasteiger partial charge on any atom is -0.478 e. The van der Waals surface area contributed by atoms with Crippen molar-refractivity contribution in [2.24, 2.45) is 0 Å². The molecule has 1 aromatic rings. The van der Waals surface area contributed by atoms with Crippen molar-refractivity contribution in [2.45, 2.75) is 51.6 Å². The molecule has 0 aromatic heterocycles. The molecule has 1 fully saturated rings. The molecule has 4 nitrogen and oxygen atoms in total. The van der Waals surface area contributed by atoms with E-state index in [-0.39, 0.29) is 18.0 Å². The maximum atomic E-state index is 11.2. The van der Waals surface area contributed by atoms with Gasteiger partial charge in [-0.1, -0.05) is 26.2 Å². The summed E-state index contributed by atoms with van der Waals surface area (Å²) in [6.45, 7) is 3.83. The standard InChI is InChI=1S/C16H23BrN2O2.ClH/c1-2-19(13-6-4-3-5-7-13)10-12-8-11(16(20)21)9-14(17)15(12)18;/h8-9,13H,2-7,10,18H2,1H3,(H,20,21);1H. The van der Waals surface area contributed by atoms with Crippen LogP contribution in [0.3, 0.4) is 0 Å². The SMILES string of the molecule is CCN(Cc1cc(C(=O)O)cc(Br)c1N)C1CCCCC1.Cl. The summed E-state index contributed by atoms with van der Waals surface area (Å²) < 4.78 is 0.664. The minimum atomic E-state index is -0.919. The van der Waals surface area contributed by atoms with E-state index < -0.39 is 5.97 Å². The molecule has 1 saturated carbocycles. The molecule has 0 atom stereocenters. The number of hydrogen-bond donors (Lipinski definition) is 2. The number of nitrogens with two attached hydrogens (primary N) is 1. The predicted molar refractivity (Wildman–Crippen MR) is 95.7 cm³/mol. The number of nitrogens with zero attached hydrogens (tertiary/aromatic N) is 1. The Morgan fingerprint density at radius 1 is 1.36 bits per heavy atom. The van der Waals surface area contributed by atoms with Crippen molar-refractivity contribution in [1.82, 2.24) is 4.90 Å². The van der Waals surface area contributed by atoms with Crippen LogP contribution in [0.15, 0.2) is 16.6 Å². The molecule has 0 bridgehead atoms. The average molecular weight is 392 g/mol. The summed E-state index contributed by atoms with van der Waals surface area (Å²) in [5.41, 5.74) is 7.95. The van der Waals surface area contributed by atoms with Gasteiger partial charge in [0.25, 0.3) is 0 Å². The topological polar surface area (TPSA) is 66.6 Å². The zero-order valence-corrected chi connectivity index (χ0v) is 15.3. The summed E-state index contributed by atoms with van der Waals surface area (Å²) in [5.74, 6) is -0.919. The Bertz CT molecular complexity index is 519.